The molecule has 0 amide bonds. The highest BCUT2D eigenvalue weighted by Crippen LogP contribution is 2.44. The average Bonchev–Trinajstić information content (AvgIpc) is 2.38. The Morgan fingerprint density at radius 1 is 1.50 bits per heavy atom. The van der Waals surface area contributed by atoms with E-state index in [1.807, 2.05) is 0 Å². The van der Waals surface area contributed by atoms with Gasteiger partial charge in [0.15, 0.2) is 0 Å². The SMILES string of the molecule is Cc1cc(Br)c2c(c1)C(C)(C)CN2CC=O. The van der Waals surface area contributed by atoms with Crippen molar-refractivity contribution in [1.82, 2.24) is 0 Å². The zero-order valence-corrected chi connectivity index (χ0v) is 11.5. The number of aryl methyl sites for hydroxylation is 1. The molecule has 0 saturated heterocycles. The van der Waals surface area contributed by atoms with Crippen molar-refractivity contribution in [1.29, 1.82) is 0 Å². The predicted molar refractivity (Wildman–Crippen MR) is 70.2 cm³/mol. The molecule has 2 nitrogen and oxygen atoms in total. The topological polar surface area (TPSA) is 20.3 Å². The number of benzene rings is 1. The van der Waals surface area contributed by atoms with Crippen LogP contribution in [0.2, 0.25) is 0 Å². The molecule has 1 heterocycles. The number of fused-ring (bicyclic) bond motifs is 1. The summed E-state index contributed by atoms with van der Waals surface area (Å²) in [6, 6.07) is 4.34. The standard InChI is InChI=1S/C13H16BrNO/c1-9-6-10-12(11(14)7-9)15(4-5-16)8-13(10,2)3/h5-7H,4,8H2,1-3H3. The fraction of sp³-hybridized carbons (Fsp3) is 0.462. The molecule has 3 heteroatoms. The molecule has 0 aliphatic carbocycles. The number of aldehydes is 1. The average molecular weight is 282 g/mol. The first-order chi connectivity index (χ1) is 7.45. The maximum Gasteiger partial charge on any atom is 0.139 e. The van der Waals surface area contributed by atoms with E-state index in [0.29, 0.717) is 6.54 Å². The minimum Gasteiger partial charge on any atom is -0.362 e. The Kier molecular flexibility index (Phi) is 2.82. The van der Waals surface area contributed by atoms with Gasteiger partial charge in [-0.25, -0.2) is 0 Å². The van der Waals surface area contributed by atoms with Crippen molar-refractivity contribution in [3.05, 3.63) is 27.7 Å². The molecule has 16 heavy (non-hydrogen) atoms. The molecule has 0 saturated carbocycles. The maximum absolute atomic E-state index is 10.7. The lowest BCUT2D eigenvalue weighted by atomic mass is 9.86. The van der Waals surface area contributed by atoms with E-state index in [9.17, 15) is 4.79 Å². The van der Waals surface area contributed by atoms with Gasteiger partial charge in [-0.3, -0.25) is 0 Å². The third-order valence-corrected chi connectivity index (χ3v) is 3.74. The number of nitrogens with zero attached hydrogens (tertiary/aromatic N) is 1. The van der Waals surface area contributed by atoms with Crippen molar-refractivity contribution >= 4 is 27.9 Å². The molecule has 0 radical (unpaired) electrons. The maximum atomic E-state index is 10.7. The Labute approximate surface area is 105 Å². The van der Waals surface area contributed by atoms with Crippen molar-refractivity contribution < 1.29 is 4.79 Å². The van der Waals surface area contributed by atoms with Crippen LogP contribution in [-0.2, 0) is 10.2 Å². The summed E-state index contributed by atoms with van der Waals surface area (Å²) in [6.45, 7) is 7.93. The molecule has 0 fully saturated rings. The fourth-order valence-electron chi connectivity index (χ4n) is 2.46. The molecular formula is C13H16BrNO. The van der Waals surface area contributed by atoms with Crippen LogP contribution >= 0.6 is 15.9 Å². The fourth-order valence-corrected chi connectivity index (χ4v) is 3.28. The summed E-state index contributed by atoms with van der Waals surface area (Å²) in [5.74, 6) is 0. The van der Waals surface area contributed by atoms with Gasteiger partial charge < -0.3 is 9.69 Å². The van der Waals surface area contributed by atoms with E-state index in [1.54, 1.807) is 0 Å². The summed E-state index contributed by atoms with van der Waals surface area (Å²) in [5, 5.41) is 0. The molecule has 1 aliphatic heterocycles. The van der Waals surface area contributed by atoms with Crippen LogP contribution in [0, 0.1) is 6.92 Å². The summed E-state index contributed by atoms with van der Waals surface area (Å²) >= 11 is 3.60. The van der Waals surface area contributed by atoms with Crippen molar-refractivity contribution in [2.24, 2.45) is 0 Å². The predicted octanol–water partition coefficient (Wildman–Crippen LogP) is 3.05. The van der Waals surface area contributed by atoms with Crippen LogP contribution in [0.3, 0.4) is 0 Å². The summed E-state index contributed by atoms with van der Waals surface area (Å²) < 4.78 is 1.09. The van der Waals surface area contributed by atoms with Crippen LogP contribution in [0.1, 0.15) is 25.0 Å². The van der Waals surface area contributed by atoms with Crippen molar-refractivity contribution in [3.63, 3.8) is 0 Å². The lowest BCUT2D eigenvalue weighted by molar-refractivity contribution is -0.106. The van der Waals surface area contributed by atoms with Crippen LogP contribution < -0.4 is 4.90 Å². The smallest absolute Gasteiger partial charge is 0.139 e. The Hall–Kier alpha value is -0.830. The normalized spacial score (nSPS) is 17.4. The van der Waals surface area contributed by atoms with E-state index in [2.05, 4.69) is 53.7 Å². The van der Waals surface area contributed by atoms with E-state index in [-0.39, 0.29) is 5.41 Å². The van der Waals surface area contributed by atoms with Gasteiger partial charge in [0.1, 0.15) is 6.29 Å². The molecule has 1 aromatic carbocycles. The van der Waals surface area contributed by atoms with E-state index in [1.165, 1.54) is 16.8 Å². The second-order valence-electron chi connectivity index (χ2n) is 5.07. The number of halogens is 1. The zero-order chi connectivity index (χ0) is 11.9. The molecule has 0 bridgehead atoms. The Bertz CT molecular complexity index is 440. The highest BCUT2D eigenvalue weighted by molar-refractivity contribution is 9.10. The third-order valence-electron chi connectivity index (χ3n) is 3.13. The number of hydrogen-bond acceptors (Lipinski definition) is 2. The van der Waals surface area contributed by atoms with E-state index < -0.39 is 0 Å². The van der Waals surface area contributed by atoms with Crippen LogP contribution in [-0.4, -0.2) is 19.4 Å². The van der Waals surface area contributed by atoms with Gasteiger partial charge >= 0.3 is 0 Å². The van der Waals surface area contributed by atoms with Gasteiger partial charge in [-0.1, -0.05) is 19.9 Å². The first-order valence-electron chi connectivity index (χ1n) is 5.45. The number of anilines is 1. The van der Waals surface area contributed by atoms with E-state index in [4.69, 9.17) is 0 Å². The highest BCUT2D eigenvalue weighted by Gasteiger charge is 2.36. The van der Waals surface area contributed by atoms with Crippen LogP contribution in [0.15, 0.2) is 16.6 Å². The van der Waals surface area contributed by atoms with Crippen LogP contribution in [0.5, 0.6) is 0 Å². The number of carbonyl (C=O) groups is 1. The van der Waals surface area contributed by atoms with Crippen LogP contribution in [0.4, 0.5) is 5.69 Å². The number of rotatable bonds is 2. The number of carbonyl (C=O) groups excluding carboxylic acids is 1. The van der Waals surface area contributed by atoms with Gasteiger partial charge in [-0.2, -0.15) is 0 Å². The number of hydrogen-bond donors (Lipinski definition) is 0. The Morgan fingerprint density at radius 2 is 2.19 bits per heavy atom. The highest BCUT2D eigenvalue weighted by atomic mass is 79.9. The molecule has 0 spiro atoms. The molecular weight excluding hydrogens is 266 g/mol. The second kappa shape index (κ2) is 3.88. The van der Waals surface area contributed by atoms with Gasteiger partial charge in [0.25, 0.3) is 0 Å². The lowest BCUT2D eigenvalue weighted by Gasteiger charge is -2.20. The molecule has 0 N–H and O–H groups in total. The summed E-state index contributed by atoms with van der Waals surface area (Å²) in [5.41, 5.74) is 3.89. The van der Waals surface area contributed by atoms with Crippen molar-refractivity contribution in [2.75, 3.05) is 18.0 Å². The molecule has 0 aromatic heterocycles. The van der Waals surface area contributed by atoms with Gasteiger partial charge in [-0.05, 0) is 40.0 Å². The van der Waals surface area contributed by atoms with E-state index >= 15 is 0 Å². The molecule has 0 atom stereocenters. The third kappa shape index (κ3) is 1.77. The molecule has 0 unspecified atom stereocenters. The second-order valence-corrected chi connectivity index (χ2v) is 5.93. The minimum atomic E-state index is 0.118. The first-order valence-corrected chi connectivity index (χ1v) is 6.24. The summed E-state index contributed by atoms with van der Waals surface area (Å²) in [7, 11) is 0. The quantitative estimate of drug-likeness (QED) is 0.777. The monoisotopic (exact) mass is 281 g/mol. The summed E-state index contributed by atoms with van der Waals surface area (Å²) in [6.07, 6.45) is 0.970. The largest absolute Gasteiger partial charge is 0.362 e. The van der Waals surface area contributed by atoms with Crippen LogP contribution in [0.25, 0.3) is 0 Å². The van der Waals surface area contributed by atoms with Gasteiger partial charge in [0.2, 0.25) is 0 Å². The minimum absolute atomic E-state index is 0.118. The molecule has 1 aliphatic rings. The lowest BCUT2D eigenvalue weighted by Crippen LogP contribution is -2.29. The summed E-state index contributed by atoms with van der Waals surface area (Å²) in [4.78, 5) is 12.8. The van der Waals surface area contributed by atoms with Gasteiger partial charge in [0.05, 0.1) is 12.2 Å². The Morgan fingerprint density at radius 3 is 2.81 bits per heavy atom. The van der Waals surface area contributed by atoms with Gasteiger partial charge in [-0.15, -0.1) is 0 Å². The zero-order valence-electron chi connectivity index (χ0n) is 9.88. The molecule has 2 rings (SSSR count). The van der Waals surface area contributed by atoms with Crippen molar-refractivity contribution in [2.45, 2.75) is 26.2 Å². The Balaban J connectivity index is 2.58. The van der Waals surface area contributed by atoms with Crippen molar-refractivity contribution in [3.8, 4) is 0 Å². The molecule has 1 aromatic rings. The first kappa shape index (κ1) is 11.6. The molecule has 86 valence electrons. The van der Waals surface area contributed by atoms with Gasteiger partial charge in [0, 0.05) is 16.4 Å². The van der Waals surface area contributed by atoms with E-state index in [0.717, 1.165) is 17.3 Å².